The molecule has 0 heterocycles. The van der Waals surface area contributed by atoms with E-state index in [1.807, 2.05) is 0 Å². The molecule has 1 fully saturated rings. The number of non-ortho nitro benzene ring substituents is 1. The fourth-order valence-electron chi connectivity index (χ4n) is 4.61. The van der Waals surface area contributed by atoms with E-state index >= 15 is 0 Å². The molecule has 0 saturated heterocycles. The van der Waals surface area contributed by atoms with E-state index in [0.29, 0.717) is 37.9 Å². The lowest BCUT2D eigenvalue weighted by Crippen LogP contribution is -2.30. The predicted molar refractivity (Wildman–Crippen MR) is 136 cm³/mol. The fraction of sp³-hybridized carbons (Fsp3) is 0.714. The van der Waals surface area contributed by atoms with E-state index in [1.54, 1.807) is 0 Å². The van der Waals surface area contributed by atoms with E-state index < -0.39 is 4.92 Å². The number of ether oxygens (including phenoxy) is 2. The largest absolute Gasteiger partial charge is 0.462 e. The molecule has 1 aliphatic carbocycles. The second-order valence-electron chi connectivity index (χ2n) is 9.77. The first-order valence-corrected chi connectivity index (χ1v) is 13.6. The average Bonchev–Trinajstić information content (AvgIpc) is 2.85. The molecule has 35 heavy (non-hydrogen) atoms. The molecule has 0 spiro atoms. The lowest BCUT2D eigenvalue weighted by atomic mass is 9.87. The number of nitro benzene ring substituents is 1. The van der Waals surface area contributed by atoms with Crippen molar-refractivity contribution in [1.82, 2.24) is 0 Å². The highest BCUT2D eigenvalue weighted by Crippen LogP contribution is 2.29. The third kappa shape index (κ3) is 12.2. The van der Waals surface area contributed by atoms with Crippen molar-refractivity contribution in [3.63, 3.8) is 0 Å². The minimum atomic E-state index is -0.494. The molecule has 0 aliphatic heterocycles. The number of hydrogen-bond donors (Lipinski definition) is 0. The van der Waals surface area contributed by atoms with Crippen LogP contribution in [0.1, 0.15) is 116 Å². The van der Waals surface area contributed by atoms with Gasteiger partial charge in [0, 0.05) is 18.6 Å². The Morgan fingerprint density at radius 3 is 1.86 bits per heavy atom. The molecule has 7 nitrogen and oxygen atoms in total. The number of nitro groups is 1. The third-order valence-corrected chi connectivity index (χ3v) is 6.81. The van der Waals surface area contributed by atoms with Crippen LogP contribution in [0.2, 0.25) is 0 Å². The molecule has 7 heteroatoms. The molecule has 0 amide bonds. The molecule has 0 aromatic heterocycles. The molecule has 1 aromatic rings. The van der Waals surface area contributed by atoms with Gasteiger partial charge in [-0.1, -0.05) is 77.6 Å². The van der Waals surface area contributed by atoms with Crippen LogP contribution in [0.5, 0.6) is 5.75 Å². The van der Waals surface area contributed by atoms with Crippen LogP contribution in [0.15, 0.2) is 24.3 Å². The summed E-state index contributed by atoms with van der Waals surface area (Å²) in [6.45, 7) is 2.25. The summed E-state index contributed by atoms with van der Waals surface area (Å²) in [6, 6.07) is 5.49. The van der Waals surface area contributed by atoms with Crippen LogP contribution in [0.4, 0.5) is 5.69 Å². The maximum Gasteiger partial charge on any atom is 0.314 e. The van der Waals surface area contributed by atoms with Gasteiger partial charge in [0.1, 0.15) is 11.9 Å². The smallest absolute Gasteiger partial charge is 0.314 e. The van der Waals surface area contributed by atoms with E-state index in [-0.39, 0.29) is 29.6 Å². The Labute approximate surface area is 210 Å². The number of hydrogen-bond acceptors (Lipinski definition) is 6. The van der Waals surface area contributed by atoms with Crippen molar-refractivity contribution in [2.45, 2.75) is 122 Å². The normalized spacial score (nSPS) is 17.6. The van der Waals surface area contributed by atoms with Gasteiger partial charge in [0.2, 0.25) is 0 Å². The predicted octanol–water partition coefficient (Wildman–Crippen LogP) is 7.69. The van der Waals surface area contributed by atoms with Crippen LogP contribution in [0.3, 0.4) is 0 Å². The summed E-state index contributed by atoms with van der Waals surface area (Å²) in [7, 11) is 0. The molecular formula is C28H43NO6. The highest BCUT2D eigenvalue weighted by atomic mass is 16.6. The van der Waals surface area contributed by atoms with Crippen molar-refractivity contribution in [3.05, 3.63) is 34.4 Å². The molecule has 0 bridgehead atoms. The molecule has 0 unspecified atom stereocenters. The monoisotopic (exact) mass is 489 g/mol. The Bertz CT molecular complexity index is 755. The lowest BCUT2D eigenvalue weighted by Gasteiger charge is -2.27. The molecule has 196 valence electrons. The van der Waals surface area contributed by atoms with Crippen molar-refractivity contribution >= 4 is 17.6 Å². The number of carbonyl (C=O) groups excluding carboxylic acids is 2. The van der Waals surface area contributed by atoms with Gasteiger partial charge < -0.3 is 9.47 Å². The molecule has 0 radical (unpaired) electrons. The SMILES string of the molecule is CCCCCCCCCCCCCCC(=O)O[C@H]1CC[C@H](C(=O)Oc2ccc([N+](=O)[O-])cc2)CC1. The average molecular weight is 490 g/mol. The van der Waals surface area contributed by atoms with Gasteiger partial charge in [0.25, 0.3) is 5.69 Å². The molecule has 0 N–H and O–H groups in total. The zero-order valence-electron chi connectivity index (χ0n) is 21.4. The number of unbranched alkanes of at least 4 members (excludes halogenated alkanes) is 11. The fourth-order valence-corrected chi connectivity index (χ4v) is 4.61. The van der Waals surface area contributed by atoms with Gasteiger partial charge in [-0.05, 0) is 44.2 Å². The van der Waals surface area contributed by atoms with Gasteiger partial charge in [-0.3, -0.25) is 19.7 Å². The van der Waals surface area contributed by atoms with Crippen LogP contribution in [0.25, 0.3) is 0 Å². The van der Waals surface area contributed by atoms with Gasteiger partial charge in [0.15, 0.2) is 0 Å². The number of nitrogens with zero attached hydrogens (tertiary/aromatic N) is 1. The lowest BCUT2D eigenvalue weighted by molar-refractivity contribution is -0.384. The molecule has 0 atom stereocenters. The summed E-state index contributed by atoms with van der Waals surface area (Å²) >= 11 is 0. The van der Waals surface area contributed by atoms with E-state index in [2.05, 4.69) is 6.92 Å². The van der Waals surface area contributed by atoms with Crippen molar-refractivity contribution in [3.8, 4) is 5.75 Å². The highest BCUT2D eigenvalue weighted by molar-refractivity contribution is 5.75. The topological polar surface area (TPSA) is 95.7 Å². The second kappa shape index (κ2) is 17.1. The molecule has 2 rings (SSSR count). The third-order valence-electron chi connectivity index (χ3n) is 6.81. The zero-order valence-corrected chi connectivity index (χ0v) is 21.4. The van der Waals surface area contributed by atoms with Crippen molar-refractivity contribution in [1.29, 1.82) is 0 Å². The Kier molecular flexibility index (Phi) is 14.0. The van der Waals surface area contributed by atoms with Crippen LogP contribution in [-0.2, 0) is 14.3 Å². The Balaban J connectivity index is 1.48. The maximum atomic E-state index is 12.4. The molecule has 1 aliphatic rings. The summed E-state index contributed by atoms with van der Waals surface area (Å²) in [6.07, 6.45) is 18.1. The van der Waals surface area contributed by atoms with Gasteiger partial charge >= 0.3 is 11.9 Å². The Morgan fingerprint density at radius 1 is 0.829 bits per heavy atom. The summed E-state index contributed by atoms with van der Waals surface area (Å²) < 4.78 is 11.0. The van der Waals surface area contributed by atoms with Crippen LogP contribution >= 0.6 is 0 Å². The van der Waals surface area contributed by atoms with Gasteiger partial charge in [-0.25, -0.2) is 0 Å². The van der Waals surface area contributed by atoms with Crippen molar-refractivity contribution in [2.24, 2.45) is 5.92 Å². The first-order chi connectivity index (χ1) is 17.0. The van der Waals surface area contributed by atoms with Gasteiger partial charge in [-0.2, -0.15) is 0 Å². The number of carbonyl (C=O) groups is 2. The zero-order chi connectivity index (χ0) is 25.3. The first-order valence-electron chi connectivity index (χ1n) is 13.6. The number of esters is 2. The van der Waals surface area contributed by atoms with Gasteiger partial charge in [0.05, 0.1) is 10.8 Å². The van der Waals surface area contributed by atoms with Gasteiger partial charge in [-0.15, -0.1) is 0 Å². The second-order valence-corrected chi connectivity index (χ2v) is 9.77. The Hall–Kier alpha value is -2.44. The minimum Gasteiger partial charge on any atom is -0.462 e. The van der Waals surface area contributed by atoms with E-state index in [4.69, 9.17) is 9.47 Å². The van der Waals surface area contributed by atoms with E-state index in [9.17, 15) is 19.7 Å². The van der Waals surface area contributed by atoms with E-state index in [1.165, 1.54) is 88.5 Å². The minimum absolute atomic E-state index is 0.0457. The molecule has 1 aromatic carbocycles. The van der Waals surface area contributed by atoms with Crippen LogP contribution < -0.4 is 4.74 Å². The Morgan fingerprint density at radius 2 is 1.34 bits per heavy atom. The van der Waals surface area contributed by atoms with Crippen molar-refractivity contribution in [2.75, 3.05) is 0 Å². The summed E-state index contributed by atoms with van der Waals surface area (Å²) in [5.74, 6) is -0.401. The quantitative estimate of drug-likeness (QED) is 0.0731. The standard InChI is InChI=1S/C28H43NO6/c1-2-3-4-5-6-7-8-9-10-11-12-13-14-27(30)34-25-19-15-23(16-20-25)28(31)35-26-21-17-24(18-22-26)29(32)33/h17-18,21-23,25H,2-16,19-20H2,1H3/t23-,25-. The molecular weight excluding hydrogens is 446 g/mol. The van der Waals surface area contributed by atoms with Crippen LogP contribution in [0, 0.1) is 16.0 Å². The summed E-state index contributed by atoms with van der Waals surface area (Å²) in [5.41, 5.74) is -0.0457. The number of benzene rings is 1. The van der Waals surface area contributed by atoms with E-state index in [0.717, 1.165) is 12.8 Å². The van der Waals surface area contributed by atoms with Crippen LogP contribution in [-0.4, -0.2) is 23.0 Å². The van der Waals surface area contributed by atoms with Crippen molar-refractivity contribution < 1.29 is 24.0 Å². The number of rotatable bonds is 17. The first kappa shape index (κ1) is 28.8. The summed E-state index contributed by atoms with van der Waals surface area (Å²) in [4.78, 5) is 34.8. The maximum absolute atomic E-state index is 12.4. The highest BCUT2D eigenvalue weighted by Gasteiger charge is 2.29. The molecule has 1 saturated carbocycles. The summed E-state index contributed by atoms with van der Waals surface area (Å²) in [5, 5.41) is 10.7.